The molecule has 0 bridgehead atoms. The molecular formula is C12H16O3. The number of aliphatic carboxylic acids is 1. The number of carbonyl (C=O) groups is 1. The molecule has 0 amide bonds. The summed E-state index contributed by atoms with van der Waals surface area (Å²) in [5.74, 6) is -1.19. The molecule has 0 spiro atoms. The molecule has 0 fully saturated rings. The van der Waals surface area contributed by atoms with Crippen LogP contribution >= 0.6 is 0 Å². The Hall–Kier alpha value is -1.35. The second kappa shape index (κ2) is 4.03. The molecule has 1 rings (SSSR count). The molecule has 0 aliphatic carbocycles. The highest BCUT2D eigenvalue weighted by Crippen LogP contribution is 2.16. The fourth-order valence-corrected chi connectivity index (χ4v) is 1.39. The van der Waals surface area contributed by atoms with E-state index in [1.165, 1.54) is 6.92 Å². The van der Waals surface area contributed by atoms with Crippen LogP contribution in [0.2, 0.25) is 0 Å². The van der Waals surface area contributed by atoms with Gasteiger partial charge in [0.05, 0.1) is 0 Å². The first kappa shape index (κ1) is 11.7. The molecule has 1 aromatic rings. The van der Waals surface area contributed by atoms with Crippen molar-refractivity contribution in [2.75, 3.05) is 0 Å². The molecule has 1 atom stereocenters. The largest absolute Gasteiger partial charge is 0.479 e. The monoisotopic (exact) mass is 208 g/mol. The Morgan fingerprint density at radius 3 is 2.40 bits per heavy atom. The lowest BCUT2D eigenvalue weighted by atomic mass is 9.94. The topological polar surface area (TPSA) is 57.5 Å². The van der Waals surface area contributed by atoms with E-state index in [2.05, 4.69) is 0 Å². The van der Waals surface area contributed by atoms with Crippen LogP contribution in [0.3, 0.4) is 0 Å². The van der Waals surface area contributed by atoms with Gasteiger partial charge in [-0.05, 0) is 37.5 Å². The summed E-state index contributed by atoms with van der Waals surface area (Å²) < 4.78 is 0. The quantitative estimate of drug-likeness (QED) is 0.794. The van der Waals surface area contributed by atoms with Gasteiger partial charge < -0.3 is 10.2 Å². The highest BCUT2D eigenvalue weighted by Gasteiger charge is 2.29. The van der Waals surface area contributed by atoms with Crippen molar-refractivity contribution in [3.8, 4) is 0 Å². The van der Waals surface area contributed by atoms with Gasteiger partial charge >= 0.3 is 5.97 Å². The van der Waals surface area contributed by atoms with Gasteiger partial charge in [0, 0.05) is 6.42 Å². The van der Waals surface area contributed by atoms with Gasteiger partial charge in [0.15, 0.2) is 5.60 Å². The Bertz CT molecular complexity index is 380. The molecule has 0 heterocycles. The first-order chi connectivity index (χ1) is 6.83. The minimum atomic E-state index is -1.69. The van der Waals surface area contributed by atoms with Crippen LogP contribution in [-0.2, 0) is 11.2 Å². The van der Waals surface area contributed by atoms with Crippen molar-refractivity contribution in [3.63, 3.8) is 0 Å². The number of carboxylic acids is 1. The van der Waals surface area contributed by atoms with Crippen molar-refractivity contribution in [1.82, 2.24) is 0 Å². The number of aryl methyl sites for hydroxylation is 2. The SMILES string of the molecule is Cc1ccc(CC(C)(O)C(=O)O)cc1C. The Morgan fingerprint density at radius 1 is 1.33 bits per heavy atom. The highest BCUT2D eigenvalue weighted by molar-refractivity contribution is 5.76. The van der Waals surface area contributed by atoms with E-state index in [1.807, 2.05) is 32.0 Å². The maximum Gasteiger partial charge on any atom is 0.335 e. The van der Waals surface area contributed by atoms with E-state index in [4.69, 9.17) is 5.11 Å². The number of hydrogen-bond acceptors (Lipinski definition) is 2. The van der Waals surface area contributed by atoms with E-state index in [0.717, 1.165) is 16.7 Å². The van der Waals surface area contributed by atoms with E-state index in [0.29, 0.717) is 0 Å². The molecule has 2 N–H and O–H groups in total. The Morgan fingerprint density at radius 2 is 1.93 bits per heavy atom. The van der Waals surface area contributed by atoms with Gasteiger partial charge in [0.1, 0.15) is 0 Å². The van der Waals surface area contributed by atoms with Gasteiger partial charge in [-0.25, -0.2) is 4.79 Å². The molecule has 3 nitrogen and oxygen atoms in total. The number of rotatable bonds is 3. The van der Waals surface area contributed by atoms with Crippen LogP contribution in [0.4, 0.5) is 0 Å². The van der Waals surface area contributed by atoms with Crippen LogP contribution in [0.1, 0.15) is 23.6 Å². The average Bonchev–Trinajstić information content (AvgIpc) is 2.10. The van der Waals surface area contributed by atoms with Gasteiger partial charge in [0.25, 0.3) is 0 Å². The standard InChI is InChI=1S/C12H16O3/c1-8-4-5-10(6-9(8)2)7-12(3,15)11(13)14/h4-6,15H,7H2,1-3H3,(H,13,14). The van der Waals surface area contributed by atoms with E-state index >= 15 is 0 Å². The third-order valence-corrected chi connectivity index (χ3v) is 2.58. The number of carboxylic acid groups (broad SMARTS) is 1. The summed E-state index contributed by atoms with van der Waals surface area (Å²) in [5, 5.41) is 18.4. The predicted molar refractivity (Wildman–Crippen MR) is 57.9 cm³/mol. The van der Waals surface area contributed by atoms with Crippen LogP contribution in [-0.4, -0.2) is 21.8 Å². The lowest BCUT2D eigenvalue weighted by Crippen LogP contribution is -2.37. The average molecular weight is 208 g/mol. The minimum Gasteiger partial charge on any atom is -0.479 e. The Kier molecular flexibility index (Phi) is 3.15. The van der Waals surface area contributed by atoms with Crippen molar-refractivity contribution >= 4 is 5.97 Å². The molecule has 1 aromatic carbocycles. The van der Waals surface area contributed by atoms with E-state index in [1.54, 1.807) is 0 Å². The lowest BCUT2D eigenvalue weighted by Gasteiger charge is -2.18. The molecule has 0 saturated heterocycles. The van der Waals surface area contributed by atoms with Crippen LogP contribution < -0.4 is 0 Å². The predicted octanol–water partition coefficient (Wildman–Crippen LogP) is 1.68. The van der Waals surface area contributed by atoms with Crippen LogP contribution in [0.15, 0.2) is 18.2 Å². The summed E-state index contributed by atoms with van der Waals surface area (Å²) >= 11 is 0. The molecule has 82 valence electrons. The Balaban J connectivity index is 2.91. The van der Waals surface area contributed by atoms with Gasteiger partial charge in [0.2, 0.25) is 0 Å². The first-order valence-corrected chi connectivity index (χ1v) is 4.85. The van der Waals surface area contributed by atoms with Gasteiger partial charge in [-0.1, -0.05) is 18.2 Å². The molecule has 3 heteroatoms. The van der Waals surface area contributed by atoms with E-state index < -0.39 is 11.6 Å². The second-order valence-electron chi connectivity index (χ2n) is 4.17. The molecule has 0 aliphatic heterocycles. The van der Waals surface area contributed by atoms with E-state index in [-0.39, 0.29) is 6.42 Å². The Labute approximate surface area is 89.4 Å². The summed E-state index contributed by atoms with van der Waals surface area (Å²) in [4.78, 5) is 10.7. The number of benzene rings is 1. The minimum absolute atomic E-state index is 0.128. The third-order valence-electron chi connectivity index (χ3n) is 2.58. The van der Waals surface area contributed by atoms with Crippen molar-refractivity contribution < 1.29 is 15.0 Å². The first-order valence-electron chi connectivity index (χ1n) is 4.85. The molecular weight excluding hydrogens is 192 g/mol. The molecule has 0 aromatic heterocycles. The molecule has 0 aliphatic rings. The molecule has 15 heavy (non-hydrogen) atoms. The van der Waals surface area contributed by atoms with Crippen molar-refractivity contribution in [3.05, 3.63) is 34.9 Å². The smallest absolute Gasteiger partial charge is 0.335 e. The zero-order chi connectivity index (χ0) is 11.6. The fraction of sp³-hybridized carbons (Fsp3) is 0.417. The number of hydrogen-bond donors (Lipinski definition) is 2. The number of aliphatic hydroxyl groups is 1. The molecule has 0 saturated carbocycles. The summed E-state index contributed by atoms with van der Waals surface area (Å²) in [6, 6.07) is 5.69. The van der Waals surface area contributed by atoms with Crippen molar-refractivity contribution in [1.29, 1.82) is 0 Å². The van der Waals surface area contributed by atoms with Gasteiger partial charge in [-0.15, -0.1) is 0 Å². The summed E-state index contributed by atoms with van der Waals surface area (Å²) in [6.07, 6.45) is 0.128. The van der Waals surface area contributed by atoms with E-state index in [9.17, 15) is 9.90 Å². The van der Waals surface area contributed by atoms with Gasteiger partial charge in [-0.3, -0.25) is 0 Å². The molecule has 1 unspecified atom stereocenters. The molecule has 0 radical (unpaired) electrons. The normalized spacial score (nSPS) is 14.7. The zero-order valence-corrected chi connectivity index (χ0v) is 9.24. The summed E-state index contributed by atoms with van der Waals surface area (Å²) in [5.41, 5.74) is 1.41. The fourth-order valence-electron chi connectivity index (χ4n) is 1.39. The van der Waals surface area contributed by atoms with Crippen molar-refractivity contribution in [2.24, 2.45) is 0 Å². The summed E-state index contributed by atoms with van der Waals surface area (Å²) in [6.45, 7) is 5.27. The summed E-state index contributed by atoms with van der Waals surface area (Å²) in [7, 11) is 0. The maximum atomic E-state index is 10.7. The maximum absolute atomic E-state index is 10.7. The van der Waals surface area contributed by atoms with Crippen LogP contribution in [0, 0.1) is 13.8 Å². The third kappa shape index (κ3) is 2.80. The van der Waals surface area contributed by atoms with Gasteiger partial charge in [-0.2, -0.15) is 0 Å². The second-order valence-corrected chi connectivity index (χ2v) is 4.17. The lowest BCUT2D eigenvalue weighted by molar-refractivity contribution is -0.156. The van der Waals surface area contributed by atoms with Crippen molar-refractivity contribution in [2.45, 2.75) is 32.8 Å². The van der Waals surface area contributed by atoms with Crippen LogP contribution in [0.25, 0.3) is 0 Å². The highest BCUT2D eigenvalue weighted by atomic mass is 16.4. The zero-order valence-electron chi connectivity index (χ0n) is 9.24. The van der Waals surface area contributed by atoms with Crippen LogP contribution in [0.5, 0.6) is 0 Å².